The summed E-state index contributed by atoms with van der Waals surface area (Å²) < 4.78 is 0. The minimum atomic E-state index is 1.02. The van der Waals surface area contributed by atoms with E-state index in [0.29, 0.717) is 0 Å². The Morgan fingerprint density at radius 2 is 2.14 bits per heavy atom. The van der Waals surface area contributed by atoms with E-state index in [2.05, 4.69) is 34.2 Å². The largest absolute Gasteiger partial charge is 0.353 e. The van der Waals surface area contributed by atoms with Gasteiger partial charge in [0.1, 0.15) is 0 Å². The van der Waals surface area contributed by atoms with Crippen LogP contribution in [0.2, 0.25) is 0 Å². The molecular weight excluding hydrogens is 172 g/mol. The Balaban J connectivity index is 2.25. The lowest BCUT2D eigenvalue weighted by molar-refractivity contribution is 1.40. The van der Waals surface area contributed by atoms with E-state index < -0.39 is 0 Å². The average Bonchev–Trinajstić information content (AvgIpc) is 2.88. The summed E-state index contributed by atoms with van der Waals surface area (Å²) in [6.07, 6.45) is 3.02. The first-order chi connectivity index (χ1) is 6.93. The summed E-state index contributed by atoms with van der Waals surface area (Å²) in [5, 5.41) is 1.33. The Kier molecular flexibility index (Phi) is 0.932. The van der Waals surface area contributed by atoms with Crippen LogP contribution >= 0.6 is 0 Å². The number of aliphatic imine (C=N–C) groups is 1. The van der Waals surface area contributed by atoms with Crippen LogP contribution in [-0.4, -0.2) is 10.7 Å². The molecule has 1 aliphatic heterocycles. The molecule has 2 heteroatoms. The summed E-state index contributed by atoms with van der Waals surface area (Å²) >= 11 is 0. The van der Waals surface area contributed by atoms with Crippen molar-refractivity contribution >= 4 is 22.2 Å². The Bertz CT molecular complexity index is 614. The van der Waals surface area contributed by atoms with Crippen LogP contribution in [-0.2, 0) is 0 Å². The molecule has 0 radical (unpaired) electrons. The SMILES string of the molecule is C1=C2CC(=N1)c1[nH]c3ccccc3c12. The lowest BCUT2D eigenvalue weighted by Gasteiger charge is -1.95. The van der Waals surface area contributed by atoms with Gasteiger partial charge in [-0.25, -0.2) is 0 Å². The van der Waals surface area contributed by atoms with E-state index in [9.17, 15) is 0 Å². The predicted octanol–water partition coefficient (Wildman–Crippen LogP) is 2.72. The van der Waals surface area contributed by atoms with Gasteiger partial charge >= 0.3 is 0 Å². The number of H-pyrrole nitrogens is 1. The van der Waals surface area contributed by atoms with Crippen LogP contribution in [0.25, 0.3) is 16.5 Å². The third kappa shape index (κ3) is 0.587. The molecule has 2 nitrogen and oxygen atoms in total. The Hall–Kier alpha value is -1.83. The van der Waals surface area contributed by atoms with Crippen molar-refractivity contribution in [2.45, 2.75) is 6.42 Å². The lowest BCUT2D eigenvalue weighted by atomic mass is 10.1. The first-order valence-electron chi connectivity index (χ1n) is 4.80. The van der Waals surface area contributed by atoms with Gasteiger partial charge in [0.2, 0.25) is 0 Å². The summed E-state index contributed by atoms with van der Waals surface area (Å²) in [5.74, 6) is 0. The fourth-order valence-electron chi connectivity index (χ4n) is 2.43. The standard InChI is InChI=1S/C12H8N2/c1-2-4-9-8(3-1)11-7-5-10(13-6-7)12(11)14-9/h1-4,6,14H,5H2. The van der Waals surface area contributed by atoms with E-state index >= 15 is 0 Å². The Labute approximate surface area is 81.0 Å². The number of nitrogens with zero attached hydrogens (tertiary/aromatic N) is 1. The van der Waals surface area contributed by atoms with Gasteiger partial charge in [-0.1, -0.05) is 18.2 Å². The molecule has 0 amide bonds. The highest BCUT2D eigenvalue weighted by Crippen LogP contribution is 2.41. The molecule has 0 atom stereocenters. The quantitative estimate of drug-likeness (QED) is 0.645. The van der Waals surface area contributed by atoms with Gasteiger partial charge in [0.25, 0.3) is 0 Å². The first-order valence-corrected chi connectivity index (χ1v) is 4.80. The van der Waals surface area contributed by atoms with Crippen LogP contribution in [0.5, 0.6) is 0 Å². The Morgan fingerprint density at radius 1 is 1.21 bits per heavy atom. The van der Waals surface area contributed by atoms with E-state index in [0.717, 1.165) is 6.42 Å². The highest BCUT2D eigenvalue weighted by Gasteiger charge is 2.29. The second-order valence-electron chi connectivity index (χ2n) is 3.83. The van der Waals surface area contributed by atoms with E-state index in [1.54, 1.807) is 0 Å². The molecule has 1 aromatic heterocycles. The molecule has 1 aliphatic carbocycles. The molecule has 66 valence electrons. The highest BCUT2D eigenvalue weighted by atomic mass is 14.8. The van der Waals surface area contributed by atoms with Crippen LogP contribution in [0.1, 0.15) is 17.7 Å². The number of benzene rings is 1. The fraction of sp³-hybridized carbons (Fsp3) is 0.0833. The molecule has 0 spiro atoms. The summed E-state index contributed by atoms with van der Waals surface area (Å²) in [5.41, 5.74) is 6.41. The molecule has 0 fully saturated rings. The van der Waals surface area contributed by atoms with Crippen molar-refractivity contribution in [1.29, 1.82) is 0 Å². The zero-order valence-corrected chi connectivity index (χ0v) is 7.54. The van der Waals surface area contributed by atoms with Crippen molar-refractivity contribution in [3.63, 3.8) is 0 Å². The van der Waals surface area contributed by atoms with Crippen molar-refractivity contribution < 1.29 is 0 Å². The number of para-hydroxylation sites is 1. The zero-order chi connectivity index (χ0) is 9.12. The predicted molar refractivity (Wildman–Crippen MR) is 57.4 cm³/mol. The number of nitrogens with one attached hydrogen (secondary N) is 1. The third-order valence-electron chi connectivity index (χ3n) is 3.05. The number of fused-ring (bicyclic) bond motifs is 7. The number of hydrogen-bond donors (Lipinski definition) is 1. The van der Waals surface area contributed by atoms with Crippen LogP contribution < -0.4 is 0 Å². The van der Waals surface area contributed by atoms with Crippen LogP contribution in [0.15, 0.2) is 35.5 Å². The van der Waals surface area contributed by atoms with Crippen LogP contribution in [0.3, 0.4) is 0 Å². The number of allylic oxidation sites excluding steroid dienone is 1. The zero-order valence-electron chi connectivity index (χ0n) is 7.54. The molecule has 4 rings (SSSR count). The topological polar surface area (TPSA) is 28.1 Å². The molecule has 1 aromatic carbocycles. The number of hydrogen-bond acceptors (Lipinski definition) is 1. The van der Waals surface area contributed by atoms with Crippen molar-refractivity contribution in [2.24, 2.45) is 4.99 Å². The lowest BCUT2D eigenvalue weighted by Crippen LogP contribution is -1.92. The number of aromatic nitrogens is 1. The summed E-state index contributed by atoms with van der Waals surface area (Å²) in [4.78, 5) is 7.80. The number of aromatic amines is 1. The maximum Gasteiger partial charge on any atom is 0.0690 e. The van der Waals surface area contributed by atoms with Gasteiger partial charge in [-0.05, 0) is 11.6 Å². The third-order valence-corrected chi connectivity index (χ3v) is 3.05. The smallest absolute Gasteiger partial charge is 0.0690 e. The molecule has 2 aromatic rings. The summed E-state index contributed by atoms with van der Waals surface area (Å²) in [6, 6.07) is 8.44. The minimum Gasteiger partial charge on any atom is -0.353 e. The maximum absolute atomic E-state index is 4.36. The second-order valence-corrected chi connectivity index (χ2v) is 3.83. The molecule has 14 heavy (non-hydrogen) atoms. The Morgan fingerprint density at radius 3 is 3.14 bits per heavy atom. The summed E-state index contributed by atoms with van der Waals surface area (Å²) in [6.45, 7) is 0. The molecule has 2 aliphatic rings. The van der Waals surface area contributed by atoms with E-state index in [-0.39, 0.29) is 0 Å². The molecular formula is C12H8N2. The average molecular weight is 180 g/mol. The van der Waals surface area contributed by atoms with Gasteiger partial charge < -0.3 is 4.98 Å². The van der Waals surface area contributed by atoms with Gasteiger partial charge in [0.05, 0.1) is 11.4 Å². The van der Waals surface area contributed by atoms with Gasteiger partial charge in [0.15, 0.2) is 0 Å². The van der Waals surface area contributed by atoms with Crippen molar-refractivity contribution in [3.05, 3.63) is 41.7 Å². The monoisotopic (exact) mass is 180 g/mol. The normalized spacial score (nSPS) is 17.1. The summed E-state index contributed by atoms with van der Waals surface area (Å²) in [7, 11) is 0. The van der Waals surface area contributed by atoms with Crippen molar-refractivity contribution in [2.75, 3.05) is 0 Å². The van der Waals surface area contributed by atoms with E-state index in [1.165, 1.54) is 33.4 Å². The number of rotatable bonds is 0. The van der Waals surface area contributed by atoms with Crippen LogP contribution in [0.4, 0.5) is 0 Å². The van der Waals surface area contributed by atoms with Crippen molar-refractivity contribution in [3.8, 4) is 0 Å². The molecule has 1 N–H and O–H groups in total. The van der Waals surface area contributed by atoms with Gasteiger partial charge in [-0.3, -0.25) is 4.99 Å². The molecule has 0 unspecified atom stereocenters. The van der Waals surface area contributed by atoms with Gasteiger partial charge in [-0.2, -0.15) is 0 Å². The van der Waals surface area contributed by atoms with Crippen molar-refractivity contribution in [1.82, 2.24) is 4.98 Å². The minimum absolute atomic E-state index is 1.02. The fourth-order valence-corrected chi connectivity index (χ4v) is 2.43. The first kappa shape index (κ1) is 6.60. The van der Waals surface area contributed by atoms with E-state index in [4.69, 9.17) is 0 Å². The van der Waals surface area contributed by atoms with Crippen LogP contribution in [0, 0.1) is 0 Å². The maximum atomic E-state index is 4.36. The second kappa shape index (κ2) is 1.98. The molecule has 0 saturated heterocycles. The molecule has 2 bridgehead atoms. The molecule has 2 heterocycles. The van der Waals surface area contributed by atoms with Gasteiger partial charge in [0, 0.05) is 29.1 Å². The highest BCUT2D eigenvalue weighted by molar-refractivity contribution is 6.21. The van der Waals surface area contributed by atoms with E-state index in [1.807, 2.05) is 6.20 Å². The van der Waals surface area contributed by atoms with Gasteiger partial charge in [-0.15, -0.1) is 0 Å². The molecule has 0 saturated carbocycles.